The molecule has 2 aliphatic heterocycles. The molecule has 0 saturated carbocycles. The van der Waals surface area contributed by atoms with E-state index in [4.69, 9.17) is 21.2 Å². The van der Waals surface area contributed by atoms with Gasteiger partial charge in [0.2, 0.25) is 17.7 Å². The van der Waals surface area contributed by atoms with E-state index >= 15 is 8.78 Å². The number of anilines is 1. The Morgan fingerprint density at radius 1 is 0.843 bits per heavy atom. The van der Waals surface area contributed by atoms with Gasteiger partial charge in [0.1, 0.15) is 60.3 Å². The van der Waals surface area contributed by atoms with Crippen molar-refractivity contribution < 1.29 is 65.8 Å². The number of benzene rings is 3. The Labute approximate surface area is 478 Å². The van der Waals surface area contributed by atoms with Crippen molar-refractivity contribution in [2.45, 2.75) is 123 Å². The number of amides is 9. The maximum absolute atomic E-state index is 16.2. The monoisotopic (exact) mass is 1160 g/mol. The molecule has 83 heavy (non-hydrogen) atoms. The molecule has 6 rings (SSSR count). The Balaban J connectivity index is 1.12. The molecule has 7 atom stereocenters. The largest absolute Gasteiger partial charge is 0.445 e. The summed E-state index contributed by atoms with van der Waals surface area (Å²) in [6, 6.07) is 9.16. The molecular weight excluding hydrogens is 1090 g/mol. The molecule has 1 fully saturated rings. The van der Waals surface area contributed by atoms with Gasteiger partial charge in [-0.3, -0.25) is 33.7 Å². The van der Waals surface area contributed by atoms with Gasteiger partial charge in [0, 0.05) is 61.7 Å². The van der Waals surface area contributed by atoms with Crippen molar-refractivity contribution in [1.82, 2.24) is 40.2 Å². The van der Waals surface area contributed by atoms with E-state index in [0.29, 0.717) is 30.5 Å². The van der Waals surface area contributed by atoms with Crippen LogP contribution in [-0.4, -0.2) is 140 Å². The van der Waals surface area contributed by atoms with E-state index in [1.54, 1.807) is 57.4 Å². The van der Waals surface area contributed by atoms with Crippen LogP contribution >= 0.6 is 0 Å². The number of imidazole rings is 1. The minimum atomic E-state index is -1.68. The second-order valence-electron chi connectivity index (χ2n) is 22.1. The normalized spacial score (nSPS) is 17.0. The number of hydrogen-bond acceptors (Lipinski definition) is 12. The SMILES string of the molecule is CC(C)[C@H](NC(=O)[C@H](CCCCN)N1C(=O)C=CC1=O)C(=O)N[C@@H](CCCNC(N)=O)C(=O)Nc1ccc(COC(=O)N2C[C@@H](CN(C(=O)[C@H](C)O)[C@@H](c3nc(-c4cc(F)ccc4F)cn3Cc3cccc(F)c3)C(C)(C)C)[C@@H](F)C2)cc1. The number of carbonyl (C=O) groups excluding carboxylic acids is 8. The predicted molar refractivity (Wildman–Crippen MR) is 297 cm³/mol. The second kappa shape index (κ2) is 28.7. The standard InChI is InChI=1S/C58H73F4N11O10/c1-33(2)49(69-53(78)46(14-7-8-23-63)73-47(75)21-22-48(73)76)54(79)68-44(13-10-24-65-56(64)81)52(77)66-40-18-15-35(16-19-40)32-83-57(82)71-28-37(43(62)30-71)29-72(55(80)34(3)74)50(58(4,5)6)51-67-45(41-26-39(60)17-20-42(41)61)31-70(51)27-36-11-9-12-38(59)25-36/h9,11-12,15-22,25-26,31,33-34,37,43-44,46,49-50,74H,7-8,10,13-14,23-24,27-30,32,63H2,1-6H3,(H,66,77)(H,68,79)(H,69,78)(H3,64,65,81)/t34-,37-,43-,44-,46-,49-,50-/m0/s1. The third kappa shape index (κ3) is 17.2. The highest BCUT2D eigenvalue weighted by Crippen LogP contribution is 2.41. The summed E-state index contributed by atoms with van der Waals surface area (Å²) in [7, 11) is 0. The third-order valence-electron chi connectivity index (χ3n) is 14.1. The number of unbranched alkanes of at least 4 members (excludes halogenated alkanes) is 1. The van der Waals surface area contributed by atoms with Gasteiger partial charge in [0.25, 0.3) is 17.7 Å². The summed E-state index contributed by atoms with van der Waals surface area (Å²) in [5.41, 5.74) is 11.0. The van der Waals surface area contributed by atoms with Gasteiger partial charge in [-0.15, -0.1) is 0 Å². The van der Waals surface area contributed by atoms with Gasteiger partial charge in [0.05, 0.1) is 18.3 Å². The van der Waals surface area contributed by atoms with Crippen LogP contribution in [0.4, 0.5) is 32.8 Å². The zero-order valence-corrected chi connectivity index (χ0v) is 47.2. The topological polar surface area (TPSA) is 294 Å². The number of aliphatic hydroxyl groups excluding tert-OH is 1. The zero-order valence-electron chi connectivity index (χ0n) is 47.2. The Morgan fingerprint density at radius 3 is 2.16 bits per heavy atom. The highest BCUT2D eigenvalue weighted by atomic mass is 19.1. The Bertz CT molecular complexity index is 3010. The average Bonchev–Trinajstić information content (AvgIpc) is 3.91. The van der Waals surface area contributed by atoms with Crippen molar-refractivity contribution >= 4 is 53.3 Å². The summed E-state index contributed by atoms with van der Waals surface area (Å²) in [6.07, 6.45) is 0.618. The van der Waals surface area contributed by atoms with Crippen LogP contribution in [0.25, 0.3) is 11.3 Å². The molecule has 2 aliphatic rings. The Kier molecular flexibility index (Phi) is 22.1. The van der Waals surface area contributed by atoms with Gasteiger partial charge in [-0.05, 0) is 110 Å². The van der Waals surface area contributed by atoms with Crippen LogP contribution in [0.2, 0.25) is 0 Å². The molecule has 4 aromatic rings. The summed E-state index contributed by atoms with van der Waals surface area (Å²) in [5.74, 6) is -7.76. The molecule has 9 N–H and O–H groups in total. The van der Waals surface area contributed by atoms with Crippen molar-refractivity contribution in [1.29, 1.82) is 0 Å². The number of imide groups is 1. The highest BCUT2D eigenvalue weighted by molar-refractivity contribution is 6.15. The number of likely N-dealkylation sites (tertiary alicyclic amines) is 1. The van der Waals surface area contributed by atoms with Crippen molar-refractivity contribution in [3.05, 3.63) is 119 Å². The van der Waals surface area contributed by atoms with Crippen LogP contribution in [0, 0.1) is 34.7 Å². The minimum Gasteiger partial charge on any atom is -0.445 e. The fourth-order valence-electron chi connectivity index (χ4n) is 9.95. The summed E-state index contributed by atoms with van der Waals surface area (Å²) >= 11 is 0. The molecule has 0 bridgehead atoms. The number of nitrogens with zero attached hydrogens (tertiary/aromatic N) is 5. The Morgan fingerprint density at radius 2 is 1.53 bits per heavy atom. The van der Waals surface area contributed by atoms with E-state index in [0.717, 1.165) is 40.2 Å². The first-order chi connectivity index (χ1) is 39.2. The lowest BCUT2D eigenvalue weighted by atomic mass is 9.84. The highest BCUT2D eigenvalue weighted by Gasteiger charge is 2.45. The van der Waals surface area contributed by atoms with E-state index in [-0.39, 0.29) is 74.8 Å². The first kappa shape index (κ1) is 64.0. The number of aromatic nitrogens is 2. The van der Waals surface area contributed by atoms with Gasteiger partial charge in [-0.25, -0.2) is 32.1 Å². The lowest BCUT2D eigenvalue weighted by molar-refractivity contribution is -0.146. The number of nitrogens with two attached hydrogens (primary N) is 2. The van der Waals surface area contributed by atoms with E-state index in [1.807, 2.05) is 0 Å². The lowest BCUT2D eigenvalue weighted by Gasteiger charge is -2.41. The van der Waals surface area contributed by atoms with Crippen LogP contribution < -0.4 is 32.7 Å². The number of alkyl halides is 1. The summed E-state index contributed by atoms with van der Waals surface area (Å²) in [6.45, 7) is 9.02. The molecule has 3 aromatic carbocycles. The van der Waals surface area contributed by atoms with Crippen molar-refractivity contribution in [3.8, 4) is 11.3 Å². The van der Waals surface area contributed by atoms with Crippen LogP contribution in [0.3, 0.4) is 0 Å². The first-order valence-corrected chi connectivity index (χ1v) is 27.4. The molecule has 25 heteroatoms. The van der Waals surface area contributed by atoms with E-state index in [2.05, 4.69) is 21.3 Å². The van der Waals surface area contributed by atoms with Crippen molar-refractivity contribution in [2.75, 3.05) is 38.0 Å². The molecule has 448 valence electrons. The van der Waals surface area contributed by atoms with Crippen LogP contribution in [0.5, 0.6) is 0 Å². The van der Waals surface area contributed by atoms with Gasteiger partial charge < -0.3 is 56.9 Å². The quantitative estimate of drug-likeness (QED) is 0.0238. The summed E-state index contributed by atoms with van der Waals surface area (Å²) in [5, 5.41) is 21.3. The van der Waals surface area contributed by atoms with E-state index in [1.165, 1.54) is 48.4 Å². The van der Waals surface area contributed by atoms with Crippen LogP contribution in [-0.2, 0) is 46.7 Å². The molecule has 3 heterocycles. The number of aliphatic hydroxyl groups is 1. The lowest BCUT2D eigenvalue weighted by Crippen LogP contribution is -2.58. The van der Waals surface area contributed by atoms with Crippen molar-refractivity contribution in [2.24, 2.45) is 28.7 Å². The molecule has 0 spiro atoms. The molecular formula is C58H73F4N11O10. The predicted octanol–water partition coefficient (Wildman–Crippen LogP) is 5.35. The molecule has 21 nitrogen and oxygen atoms in total. The number of rotatable bonds is 26. The minimum absolute atomic E-state index is 0.000906. The number of nitrogens with one attached hydrogen (secondary N) is 4. The number of primary amides is 1. The number of hydrogen-bond donors (Lipinski definition) is 7. The molecule has 1 aromatic heterocycles. The first-order valence-electron chi connectivity index (χ1n) is 27.4. The van der Waals surface area contributed by atoms with Gasteiger partial charge in [0.15, 0.2) is 0 Å². The second-order valence-corrected chi connectivity index (χ2v) is 22.1. The number of halogens is 4. The summed E-state index contributed by atoms with van der Waals surface area (Å²) < 4.78 is 67.7. The van der Waals surface area contributed by atoms with Crippen molar-refractivity contribution in [3.63, 3.8) is 0 Å². The maximum Gasteiger partial charge on any atom is 0.410 e. The van der Waals surface area contributed by atoms with Gasteiger partial charge >= 0.3 is 12.1 Å². The molecule has 0 radical (unpaired) electrons. The number of carbonyl (C=O) groups is 8. The third-order valence-corrected chi connectivity index (χ3v) is 14.1. The molecule has 9 amide bonds. The zero-order chi connectivity index (χ0) is 60.9. The number of ether oxygens (including phenoxy) is 1. The van der Waals surface area contributed by atoms with Gasteiger partial charge in [-0.2, -0.15) is 0 Å². The smallest absolute Gasteiger partial charge is 0.410 e. The molecule has 0 unspecified atom stereocenters. The molecule has 0 aliphatic carbocycles. The maximum atomic E-state index is 16.2. The van der Waals surface area contributed by atoms with E-state index in [9.17, 15) is 52.2 Å². The Hall–Kier alpha value is -8.19. The fraction of sp³-hybridized carbons (Fsp3) is 0.466. The van der Waals surface area contributed by atoms with E-state index < -0.39 is 125 Å². The fourth-order valence-corrected chi connectivity index (χ4v) is 9.95. The number of urea groups is 1. The van der Waals surface area contributed by atoms with Gasteiger partial charge in [-0.1, -0.05) is 58.9 Å². The average molecular weight is 1160 g/mol. The van der Waals surface area contributed by atoms with Crippen LogP contribution in [0.15, 0.2) is 85.1 Å². The molecule has 1 saturated heterocycles. The summed E-state index contributed by atoms with van der Waals surface area (Å²) in [4.78, 5) is 114. The van der Waals surface area contributed by atoms with Crippen LogP contribution in [0.1, 0.15) is 96.6 Å².